The minimum absolute atomic E-state index is 0.345. The van der Waals surface area contributed by atoms with E-state index < -0.39 is 6.04 Å². The van der Waals surface area contributed by atoms with Gasteiger partial charge in [-0.25, -0.2) is 4.98 Å². The number of H-pyrrole nitrogens is 1. The third-order valence-electron chi connectivity index (χ3n) is 3.39. The molecule has 1 radical (unpaired) electrons. The lowest BCUT2D eigenvalue weighted by atomic mass is 9.92. The zero-order chi connectivity index (χ0) is 13.2. The Morgan fingerprint density at radius 3 is 3.26 bits per heavy atom. The second-order valence-electron chi connectivity index (χ2n) is 4.57. The summed E-state index contributed by atoms with van der Waals surface area (Å²) in [6, 6.07) is 8.27. The maximum Gasteiger partial charge on any atom is 0.239 e. The third-order valence-corrected chi connectivity index (χ3v) is 3.39. The van der Waals surface area contributed by atoms with Crippen LogP contribution in [-0.2, 0) is 17.8 Å². The van der Waals surface area contributed by atoms with E-state index in [1.807, 2.05) is 23.1 Å². The van der Waals surface area contributed by atoms with Crippen molar-refractivity contribution in [2.24, 2.45) is 5.73 Å². The van der Waals surface area contributed by atoms with Gasteiger partial charge in [0.1, 0.15) is 12.4 Å². The van der Waals surface area contributed by atoms with Crippen LogP contribution in [0, 0.1) is 6.07 Å². The lowest BCUT2D eigenvalue weighted by Gasteiger charge is -2.34. The van der Waals surface area contributed by atoms with Crippen LogP contribution in [0.15, 0.2) is 24.5 Å². The first-order chi connectivity index (χ1) is 9.25. The SMILES string of the molecule is NC(=O)C1c2cc[c]cc2CCN1Cc1nc[nH]n1. The van der Waals surface area contributed by atoms with Crippen molar-refractivity contribution in [2.45, 2.75) is 19.0 Å². The van der Waals surface area contributed by atoms with Gasteiger partial charge in [0.15, 0.2) is 5.82 Å². The average Bonchev–Trinajstić information content (AvgIpc) is 2.91. The van der Waals surface area contributed by atoms with Gasteiger partial charge in [-0.2, -0.15) is 5.10 Å². The van der Waals surface area contributed by atoms with Crippen molar-refractivity contribution in [3.63, 3.8) is 0 Å². The molecular weight excluding hydrogens is 242 g/mol. The van der Waals surface area contributed by atoms with Crippen LogP contribution in [0.2, 0.25) is 0 Å². The zero-order valence-corrected chi connectivity index (χ0v) is 10.3. The molecule has 3 rings (SSSR count). The van der Waals surface area contributed by atoms with Crippen LogP contribution in [0.4, 0.5) is 0 Å². The highest BCUT2D eigenvalue weighted by Crippen LogP contribution is 2.29. The maximum atomic E-state index is 11.8. The minimum Gasteiger partial charge on any atom is -0.368 e. The molecule has 0 saturated heterocycles. The van der Waals surface area contributed by atoms with Gasteiger partial charge in [-0.1, -0.05) is 18.2 Å². The Hall–Kier alpha value is -2.21. The lowest BCUT2D eigenvalue weighted by molar-refractivity contribution is -0.124. The number of aromatic nitrogens is 3. The summed E-state index contributed by atoms with van der Waals surface area (Å²) in [5.41, 5.74) is 7.66. The first kappa shape index (κ1) is 11.9. The van der Waals surface area contributed by atoms with Crippen molar-refractivity contribution < 1.29 is 4.79 Å². The molecule has 0 bridgehead atoms. The number of aromatic amines is 1. The molecule has 6 nitrogen and oxygen atoms in total. The molecular formula is C13H14N5O. The first-order valence-electron chi connectivity index (χ1n) is 6.12. The van der Waals surface area contributed by atoms with Crippen LogP contribution >= 0.6 is 0 Å². The fraction of sp³-hybridized carbons (Fsp3) is 0.308. The summed E-state index contributed by atoms with van der Waals surface area (Å²) in [7, 11) is 0. The normalized spacial score (nSPS) is 19.1. The number of primary amides is 1. The summed E-state index contributed by atoms with van der Waals surface area (Å²) >= 11 is 0. The summed E-state index contributed by atoms with van der Waals surface area (Å²) < 4.78 is 0. The highest BCUT2D eigenvalue weighted by atomic mass is 16.1. The van der Waals surface area contributed by atoms with Gasteiger partial charge in [0.2, 0.25) is 5.91 Å². The number of amides is 1. The van der Waals surface area contributed by atoms with Gasteiger partial charge in [-0.15, -0.1) is 0 Å². The van der Waals surface area contributed by atoms with Gasteiger partial charge in [0.05, 0.1) is 6.54 Å². The Morgan fingerprint density at radius 2 is 2.53 bits per heavy atom. The Labute approximate surface area is 110 Å². The number of nitrogens with two attached hydrogens (primary N) is 1. The minimum atomic E-state index is -0.420. The largest absolute Gasteiger partial charge is 0.368 e. The first-order valence-corrected chi connectivity index (χ1v) is 6.12. The molecule has 6 heteroatoms. The van der Waals surface area contributed by atoms with Crippen LogP contribution in [-0.4, -0.2) is 32.5 Å². The van der Waals surface area contributed by atoms with E-state index in [1.54, 1.807) is 0 Å². The molecule has 0 fully saturated rings. The van der Waals surface area contributed by atoms with Crippen LogP contribution in [0.5, 0.6) is 0 Å². The van der Waals surface area contributed by atoms with Crippen molar-refractivity contribution >= 4 is 5.91 Å². The summed E-state index contributed by atoms with van der Waals surface area (Å²) in [4.78, 5) is 17.9. The Bertz CT molecular complexity index is 580. The maximum absolute atomic E-state index is 11.8. The van der Waals surface area contributed by atoms with Crippen LogP contribution in [0.25, 0.3) is 0 Å². The quantitative estimate of drug-likeness (QED) is 0.820. The number of hydrogen-bond acceptors (Lipinski definition) is 4. The fourth-order valence-corrected chi connectivity index (χ4v) is 2.55. The van der Waals surface area contributed by atoms with Gasteiger partial charge in [-0.05, 0) is 23.6 Å². The predicted octanol–water partition coefficient (Wildman–Crippen LogP) is 0.190. The number of nitrogens with one attached hydrogen (secondary N) is 1. The topological polar surface area (TPSA) is 87.9 Å². The number of nitrogens with zero attached hydrogens (tertiary/aromatic N) is 3. The zero-order valence-electron chi connectivity index (χ0n) is 10.3. The monoisotopic (exact) mass is 256 g/mol. The van der Waals surface area contributed by atoms with E-state index in [4.69, 9.17) is 5.73 Å². The van der Waals surface area contributed by atoms with E-state index in [1.165, 1.54) is 6.33 Å². The van der Waals surface area contributed by atoms with Crippen molar-refractivity contribution in [2.75, 3.05) is 6.54 Å². The molecule has 1 unspecified atom stereocenters. The summed E-state index contributed by atoms with van der Waals surface area (Å²) in [6.45, 7) is 1.27. The fourth-order valence-electron chi connectivity index (χ4n) is 2.55. The Kier molecular flexibility index (Phi) is 3.00. The van der Waals surface area contributed by atoms with Gasteiger partial charge in [-0.3, -0.25) is 14.8 Å². The van der Waals surface area contributed by atoms with E-state index in [-0.39, 0.29) is 5.91 Å². The summed E-state index contributed by atoms with van der Waals surface area (Å²) in [5.74, 6) is 0.319. The molecule has 1 aromatic carbocycles. The molecule has 0 aliphatic carbocycles. The van der Waals surface area contributed by atoms with E-state index in [0.29, 0.717) is 12.4 Å². The Balaban J connectivity index is 1.92. The molecule has 1 aliphatic rings. The number of benzene rings is 1. The number of hydrogen-bond donors (Lipinski definition) is 2. The standard InChI is InChI=1S/C13H14N5O/c14-13(19)12-10-4-2-1-3-9(10)5-6-18(12)7-11-15-8-16-17-11/h2-4,8,12H,5-7H2,(H2,14,19)(H,15,16,17). The van der Waals surface area contributed by atoms with Crippen molar-refractivity contribution in [3.8, 4) is 0 Å². The molecule has 1 aromatic heterocycles. The molecule has 1 atom stereocenters. The predicted molar refractivity (Wildman–Crippen MR) is 67.7 cm³/mol. The number of rotatable bonds is 3. The van der Waals surface area contributed by atoms with Crippen molar-refractivity contribution in [1.82, 2.24) is 20.1 Å². The highest BCUT2D eigenvalue weighted by Gasteiger charge is 2.31. The lowest BCUT2D eigenvalue weighted by Crippen LogP contribution is -2.42. The van der Waals surface area contributed by atoms with Crippen LogP contribution in [0.1, 0.15) is 23.0 Å². The van der Waals surface area contributed by atoms with Crippen LogP contribution < -0.4 is 5.73 Å². The van der Waals surface area contributed by atoms with Crippen molar-refractivity contribution in [3.05, 3.63) is 47.5 Å². The van der Waals surface area contributed by atoms with Crippen molar-refractivity contribution in [1.29, 1.82) is 0 Å². The number of fused-ring (bicyclic) bond motifs is 1. The van der Waals surface area contributed by atoms with Gasteiger partial charge in [0, 0.05) is 6.54 Å². The second-order valence-corrected chi connectivity index (χ2v) is 4.57. The van der Waals surface area contributed by atoms with E-state index in [9.17, 15) is 4.79 Å². The van der Waals surface area contributed by atoms with E-state index in [0.717, 1.165) is 24.1 Å². The molecule has 2 heterocycles. The van der Waals surface area contributed by atoms with Crippen LogP contribution in [0.3, 0.4) is 0 Å². The van der Waals surface area contributed by atoms with E-state index in [2.05, 4.69) is 21.2 Å². The highest BCUT2D eigenvalue weighted by molar-refractivity contribution is 5.82. The van der Waals surface area contributed by atoms with E-state index >= 15 is 0 Å². The number of carbonyl (C=O) groups is 1. The third kappa shape index (κ3) is 2.22. The van der Waals surface area contributed by atoms with Gasteiger partial charge >= 0.3 is 0 Å². The summed E-state index contributed by atoms with van der Waals surface area (Å²) in [5, 5.41) is 6.70. The molecule has 97 valence electrons. The molecule has 1 amide bonds. The van der Waals surface area contributed by atoms with Gasteiger partial charge < -0.3 is 5.73 Å². The summed E-state index contributed by atoms with van der Waals surface area (Å²) in [6.07, 6.45) is 2.41. The molecule has 0 spiro atoms. The molecule has 0 saturated carbocycles. The molecule has 3 N–H and O–H groups in total. The smallest absolute Gasteiger partial charge is 0.239 e. The average molecular weight is 256 g/mol. The number of carbonyl (C=O) groups excluding carboxylic acids is 1. The second kappa shape index (κ2) is 4.81. The Morgan fingerprint density at radius 1 is 1.63 bits per heavy atom. The molecule has 19 heavy (non-hydrogen) atoms. The molecule has 2 aromatic rings. The van der Waals surface area contributed by atoms with Gasteiger partial charge in [0.25, 0.3) is 0 Å². The molecule has 1 aliphatic heterocycles.